The Hall–Kier alpha value is -3.58. The van der Waals surface area contributed by atoms with Gasteiger partial charge in [-0.25, -0.2) is 14.2 Å². The molecule has 0 bridgehead atoms. The normalized spacial score (nSPS) is 13.3. The first-order valence-electron chi connectivity index (χ1n) is 10.8. The summed E-state index contributed by atoms with van der Waals surface area (Å²) < 4.78 is 54.9. The van der Waals surface area contributed by atoms with Crippen molar-refractivity contribution in [3.05, 3.63) is 74.5 Å². The molecule has 0 aliphatic carbocycles. The molecule has 13 nitrogen and oxygen atoms in total. The molecular weight excluding hydrogens is 500 g/mol. The van der Waals surface area contributed by atoms with E-state index >= 15 is 0 Å². The number of nitrogens with two attached hydrogens (primary N) is 1. The average Bonchev–Trinajstić information content (AvgIpc) is 3.42. The Kier molecular flexibility index (Phi) is 7.79. The van der Waals surface area contributed by atoms with E-state index in [2.05, 4.69) is 15.0 Å². The van der Waals surface area contributed by atoms with Gasteiger partial charge < -0.3 is 28.4 Å². The Morgan fingerprint density at radius 1 is 1.19 bits per heavy atom. The van der Waals surface area contributed by atoms with Crippen molar-refractivity contribution in [2.75, 3.05) is 18.7 Å². The number of imidazole rings is 1. The largest absolute Gasteiger partial charge is 0.519 e. The van der Waals surface area contributed by atoms with Gasteiger partial charge in [-0.15, -0.1) is 0 Å². The van der Waals surface area contributed by atoms with Crippen LogP contribution in [-0.2, 0) is 44.5 Å². The molecule has 0 fully saturated rings. The molecule has 4 aromatic rings. The van der Waals surface area contributed by atoms with Gasteiger partial charge in [-0.05, 0) is 17.7 Å². The molecule has 0 spiro atoms. The van der Waals surface area contributed by atoms with Crippen LogP contribution in [0.4, 0.5) is 10.3 Å². The van der Waals surface area contributed by atoms with Crippen LogP contribution in [0, 0.1) is 5.82 Å². The van der Waals surface area contributed by atoms with Crippen molar-refractivity contribution in [3.63, 3.8) is 0 Å². The zero-order valence-electron chi connectivity index (χ0n) is 19.1. The van der Waals surface area contributed by atoms with E-state index in [-0.39, 0.29) is 55.0 Å². The van der Waals surface area contributed by atoms with Crippen molar-refractivity contribution >= 4 is 24.7 Å². The van der Waals surface area contributed by atoms with Gasteiger partial charge >= 0.3 is 13.4 Å². The molecule has 192 valence electrons. The van der Waals surface area contributed by atoms with Gasteiger partial charge in [-0.2, -0.15) is 4.98 Å². The lowest BCUT2D eigenvalue weighted by Gasteiger charge is -2.18. The number of hydrogen-bond donors (Lipinski definition) is 2. The standard InChI is InChI=1S/C21H23FN5O8P/c1-2-15-16(35-21(29)34-15)10-33-36(30,32-9-13-4-3-5-14(22)8-13)12-31-7-6-27-11-24-17-18(27)25-20(23)26-19(17)28/h3-5,8,11H,2,6-7,9-10,12H2,1H3,(H3,23,25,26,28). The van der Waals surface area contributed by atoms with Crippen molar-refractivity contribution in [1.29, 1.82) is 0 Å². The molecule has 0 aliphatic heterocycles. The highest BCUT2D eigenvalue weighted by atomic mass is 31.2. The molecule has 15 heteroatoms. The van der Waals surface area contributed by atoms with Gasteiger partial charge in [-0.3, -0.25) is 18.9 Å². The predicted octanol–water partition coefficient (Wildman–Crippen LogP) is 2.55. The molecule has 1 unspecified atom stereocenters. The summed E-state index contributed by atoms with van der Waals surface area (Å²) in [6.07, 6.45) is 1.30. The summed E-state index contributed by atoms with van der Waals surface area (Å²) in [4.78, 5) is 33.7. The number of nitrogen functional groups attached to an aromatic ring is 1. The second-order valence-electron chi connectivity index (χ2n) is 7.54. The summed E-state index contributed by atoms with van der Waals surface area (Å²) in [5, 5.41) is 0. The zero-order chi connectivity index (χ0) is 25.7. The van der Waals surface area contributed by atoms with Gasteiger partial charge in [-0.1, -0.05) is 19.1 Å². The molecule has 36 heavy (non-hydrogen) atoms. The molecular formula is C21H23FN5O8P. The summed E-state index contributed by atoms with van der Waals surface area (Å²) >= 11 is 0. The summed E-state index contributed by atoms with van der Waals surface area (Å²) in [6, 6.07) is 5.60. The Bertz CT molecular complexity index is 1510. The number of aromatic nitrogens is 4. The van der Waals surface area contributed by atoms with Crippen LogP contribution in [0.1, 0.15) is 24.0 Å². The van der Waals surface area contributed by atoms with Gasteiger partial charge in [0.25, 0.3) is 5.56 Å². The first-order chi connectivity index (χ1) is 17.3. The number of ether oxygens (including phenoxy) is 1. The number of rotatable bonds is 12. The van der Waals surface area contributed by atoms with Crippen molar-refractivity contribution in [2.24, 2.45) is 0 Å². The highest BCUT2D eigenvalue weighted by molar-refractivity contribution is 7.53. The van der Waals surface area contributed by atoms with Crippen LogP contribution in [0.2, 0.25) is 0 Å². The van der Waals surface area contributed by atoms with E-state index in [0.29, 0.717) is 12.0 Å². The Balaban J connectivity index is 1.42. The maximum Gasteiger partial charge on any atom is 0.519 e. The Labute approximate surface area is 202 Å². The Morgan fingerprint density at radius 2 is 1.97 bits per heavy atom. The van der Waals surface area contributed by atoms with E-state index in [1.807, 2.05) is 0 Å². The minimum Gasteiger partial charge on any atom is -0.396 e. The molecule has 1 aromatic carbocycles. The quantitative estimate of drug-likeness (QED) is 0.206. The highest BCUT2D eigenvalue weighted by Crippen LogP contribution is 2.49. The van der Waals surface area contributed by atoms with E-state index in [1.54, 1.807) is 17.6 Å². The lowest BCUT2D eigenvalue weighted by molar-refractivity contribution is 0.114. The fourth-order valence-corrected chi connectivity index (χ4v) is 4.49. The van der Waals surface area contributed by atoms with E-state index < -0.39 is 31.1 Å². The molecule has 0 amide bonds. The molecule has 1 atom stereocenters. The molecule has 0 radical (unpaired) electrons. The first-order valence-corrected chi connectivity index (χ1v) is 12.5. The van der Waals surface area contributed by atoms with E-state index in [9.17, 15) is 18.5 Å². The number of nitrogens with one attached hydrogen (secondary N) is 1. The molecule has 4 rings (SSSR count). The van der Waals surface area contributed by atoms with Crippen LogP contribution in [0.25, 0.3) is 11.2 Å². The van der Waals surface area contributed by atoms with Crippen LogP contribution in [0.5, 0.6) is 0 Å². The minimum absolute atomic E-state index is 0.0253. The van der Waals surface area contributed by atoms with Crippen LogP contribution in [0.15, 0.2) is 49.0 Å². The van der Waals surface area contributed by atoms with Crippen LogP contribution in [-0.4, -0.2) is 32.5 Å². The van der Waals surface area contributed by atoms with E-state index in [4.69, 9.17) is 28.4 Å². The smallest absolute Gasteiger partial charge is 0.396 e. The lowest BCUT2D eigenvalue weighted by atomic mass is 10.2. The highest BCUT2D eigenvalue weighted by Gasteiger charge is 2.27. The second-order valence-corrected chi connectivity index (χ2v) is 9.54. The minimum atomic E-state index is -3.92. The maximum atomic E-state index is 13.5. The van der Waals surface area contributed by atoms with Crippen LogP contribution >= 0.6 is 7.60 Å². The summed E-state index contributed by atoms with van der Waals surface area (Å²) in [6.45, 7) is 1.39. The van der Waals surface area contributed by atoms with Crippen molar-refractivity contribution in [2.45, 2.75) is 33.1 Å². The third-order valence-electron chi connectivity index (χ3n) is 4.97. The number of nitrogens with zero attached hydrogens (tertiary/aromatic N) is 3. The van der Waals surface area contributed by atoms with Gasteiger partial charge in [0.15, 0.2) is 22.7 Å². The van der Waals surface area contributed by atoms with Crippen LogP contribution in [0.3, 0.4) is 0 Å². The van der Waals surface area contributed by atoms with Crippen molar-refractivity contribution in [1.82, 2.24) is 19.5 Å². The SMILES string of the molecule is CCc1oc(=O)oc1COP(=O)(COCCn1cnc2c(=O)[nH]c(N)nc21)OCc1cccc(F)c1. The van der Waals surface area contributed by atoms with Crippen molar-refractivity contribution in [3.8, 4) is 0 Å². The number of hydrogen-bond acceptors (Lipinski definition) is 11. The summed E-state index contributed by atoms with van der Waals surface area (Å²) in [5.41, 5.74) is 5.93. The fraction of sp³-hybridized carbons (Fsp3) is 0.333. The molecule has 0 saturated carbocycles. The van der Waals surface area contributed by atoms with Gasteiger partial charge in [0.1, 0.15) is 18.8 Å². The summed E-state index contributed by atoms with van der Waals surface area (Å²) in [7, 11) is -3.92. The van der Waals surface area contributed by atoms with E-state index in [0.717, 1.165) is 0 Å². The number of benzene rings is 1. The number of halogens is 1. The monoisotopic (exact) mass is 523 g/mol. The zero-order valence-corrected chi connectivity index (χ0v) is 20.0. The average molecular weight is 523 g/mol. The summed E-state index contributed by atoms with van der Waals surface area (Å²) in [5.74, 6) is -1.10. The third-order valence-corrected chi connectivity index (χ3v) is 6.52. The first kappa shape index (κ1) is 25.5. The number of H-pyrrole nitrogens is 1. The fourth-order valence-electron chi connectivity index (χ4n) is 3.26. The number of anilines is 1. The molecule has 3 N–H and O–H groups in total. The van der Waals surface area contributed by atoms with Gasteiger partial charge in [0.2, 0.25) is 5.95 Å². The topological polar surface area (TPSA) is 178 Å². The van der Waals surface area contributed by atoms with Crippen LogP contribution < -0.4 is 17.1 Å². The Morgan fingerprint density at radius 3 is 2.75 bits per heavy atom. The molecule has 0 aliphatic rings. The van der Waals surface area contributed by atoms with Gasteiger partial charge in [0.05, 0.1) is 19.5 Å². The lowest BCUT2D eigenvalue weighted by Crippen LogP contribution is -2.13. The number of aryl methyl sites for hydroxylation is 1. The van der Waals surface area contributed by atoms with E-state index in [1.165, 1.54) is 24.5 Å². The number of aromatic amines is 1. The van der Waals surface area contributed by atoms with Gasteiger partial charge in [0, 0.05) is 13.0 Å². The predicted molar refractivity (Wildman–Crippen MR) is 124 cm³/mol. The second kappa shape index (κ2) is 11.0. The van der Waals surface area contributed by atoms with Crippen molar-refractivity contribution < 1.29 is 31.6 Å². The molecule has 3 heterocycles. The molecule has 0 saturated heterocycles. The third kappa shape index (κ3) is 6.15. The maximum absolute atomic E-state index is 13.5. The molecule has 3 aromatic heterocycles. The number of fused-ring (bicyclic) bond motifs is 1.